The third-order valence-electron chi connectivity index (χ3n) is 3.16. The van der Waals surface area contributed by atoms with Gasteiger partial charge in [0, 0.05) is 26.5 Å². The van der Waals surface area contributed by atoms with E-state index in [0.717, 1.165) is 0 Å². The first kappa shape index (κ1) is 17.5. The van der Waals surface area contributed by atoms with Crippen LogP contribution in [0.5, 0.6) is 5.75 Å². The van der Waals surface area contributed by atoms with Crippen LogP contribution < -0.4 is 0 Å². The smallest absolute Gasteiger partial charge is 0.152 e. The quantitative estimate of drug-likeness (QED) is 0.401. The molecule has 0 amide bonds. The predicted octanol–water partition coefficient (Wildman–Crippen LogP) is 4.20. The molecule has 0 saturated carbocycles. The average Bonchev–Trinajstić information content (AvgIpc) is 2.54. The molecule has 0 saturated heterocycles. The Labute approximate surface area is 149 Å². The van der Waals surface area contributed by atoms with Crippen LogP contribution in [0.25, 0.3) is 10.8 Å². The number of benzene rings is 3. The number of rotatable bonds is 3. The Hall–Kier alpha value is -1.88. The van der Waals surface area contributed by atoms with Gasteiger partial charge in [0.15, 0.2) is 5.75 Å². The number of phenols is 1. The van der Waals surface area contributed by atoms with E-state index in [-0.39, 0.29) is 37.4 Å². The second-order valence-corrected chi connectivity index (χ2v) is 5.47. The van der Waals surface area contributed by atoms with Crippen molar-refractivity contribution in [3.63, 3.8) is 0 Å². The maximum absolute atomic E-state index is 11.4. The molecule has 116 valence electrons. The zero-order valence-corrected chi connectivity index (χ0v) is 14.6. The van der Waals surface area contributed by atoms with Gasteiger partial charge >= 0.3 is 0 Å². The Morgan fingerprint density at radius 1 is 0.957 bits per heavy atom. The van der Waals surface area contributed by atoms with Crippen LogP contribution in [0.1, 0.15) is 0 Å². The molecular formula is C16H11MoN2O3S-. The van der Waals surface area contributed by atoms with Crippen molar-refractivity contribution in [3.05, 3.63) is 60.7 Å². The van der Waals surface area contributed by atoms with Gasteiger partial charge in [0.2, 0.25) is 0 Å². The van der Waals surface area contributed by atoms with Gasteiger partial charge in [-0.2, -0.15) is 5.11 Å². The summed E-state index contributed by atoms with van der Waals surface area (Å²) in [6.45, 7) is 0. The summed E-state index contributed by atoms with van der Waals surface area (Å²) in [5, 5.41) is 19.4. The number of azo groups is 1. The zero-order chi connectivity index (χ0) is 15.5. The van der Waals surface area contributed by atoms with Crippen LogP contribution in [0.4, 0.5) is 11.4 Å². The van der Waals surface area contributed by atoms with E-state index in [1.807, 2.05) is 6.07 Å². The number of fused-ring (bicyclic) bond motifs is 1. The average molecular weight is 407 g/mol. The van der Waals surface area contributed by atoms with Gasteiger partial charge in [-0.05, 0) is 34.7 Å². The Morgan fingerprint density at radius 3 is 2.30 bits per heavy atom. The third kappa shape index (κ3) is 3.72. The summed E-state index contributed by atoms with van der Waals surface area (Å²) in [6, 6.07) is 17.3. The fourth-order valence-corrected chi connectivity index (χ4v) is 2.64. The van der Waals surface area contributed by atoms with Gasteiger partial charge in [-0.1, -0.05) is 42.5 Å². The van der Waals surface area contributed by atoms with Gasteiger partial charge < -0.3 is 9.66 Å². The molecule has 0 bridgehead atoms. The van der Waals surface area contributed by atoms with Crippen LogP contribution in [0, 0.1) is 0 Å². The second-order valence-electron chi connectivity index (χ2n) is 4.56. The SMILES string of the molecule is O=S([O-])c1cc2ccccc2c(O)c1N=Nc1ccccc1.[Mo]. The molecule has 1 N–H and O–H groups in total. The topological polar surface area (TPSA) is 85.1 Å². The number of phenolic OH excluding ortho intramolecular Hbond substituents is 1. The van der Waals surface area contributed by atoms with E-state index in [1.54, 1.807) is 48.5 Å². The minimum absolute atomic E-state index is 0. The molecule has 0 aliphatic heterocycles. The van der Waals surface area contributed by atoms with Gasteiger partial charge in [-0.15, -0.1) is 5.11 Å². The molecule has 0 heterocycles. The molecule has 3 rings (SSSR count). The van der Waals surface area contributed by atoms with Gasteiger partial charge in [0.1, 0.15) is 5.69 Å². The first-order chi connectivity index (χ1) is 10.7. The summed E-state index contributed by atoms with van der Waals surface area (Å²) < 4.78 is 22.8. The molecule has 0 fully saturated rings. The summed E-state index contributed by atoms with van der Waals surface area (Å²) in [5.41, 5.74) is 0.508. The summed E-state index contributed by atoms with van der Waals surface area (Å²) in [5.74, 6) is -0.197. The van der Waals surface area contributed by atoms with Crippen LogP contribution in [-0.2, 0) is 32.1 Å². The molecule has 1 atom stereocenters. The van der Waals surface area contributed by atoms with Crippen molar-refractivity contribution in [2.24, 2.45) is 10.2 Å². The van der Waals surface area contributed by atoms with Crippen molar-refractivity contribution in [1.82, 2.24) is 0 Å². The molecule has 0 radical (unpaired) electrons. The zero-order valence-electron chi connectivity index (χ0n) is 11.7. The minimum Gasteiger partial charge on any atom is -0.768 e. The molecule has 0 aliphatic carbocycles. The molecule has 0 aliphatic rings. The molecule has 0 spiro atoms. The molecule has 3 aromatic carbocycles. The van der Waals surface area contributed by atoms with E-state index in [9.17, 15) is 13.9 Å². The first-order valence-electron chi connectivity index (χ1n) is 6.47. The van der Waals surface area contributed by atoms with E-state index >= 15 is 0 Å². The normalized spacial score (nSPS) is 12.2. The number of hydrogen-bond donors (Lipinski definition) is 1. The van der Waals surface area contributed by atoms with Crippen LogP contribution in [0.3, 0.4) is 0 Å². The molecular weight excluding hydrogens is 396 g/mol. The van der Waals surface area contributed by atoms with E-state index in [2.05, 4.69) is 10.2 Å². The van der Waals surface area contributed by atoms with Gasteiger partial charge in [0.05, 0.1) is 10.6 Å². The van der Waals surface area contributed by atoms with Gasteiger partial charge in [0.25, 0.3) is 0 Å². The van der Waals surface area contributed by atoms with Crippen molar-refractivity contribution in [3.8, 4) is 5.75 Å². The fourth-order valence-electron chi connectivity index (χ4n) is 2.12. The Bertz CT molecular complexity index is 885. The maximum Gasteiger partial charge on any atom is 0.152 e. The van der Waals surface area contributed by atoms with Crippen LogP contribution in [0.2, 0.25) is 0 Å². The molecule has 23 heavy (non-hydrogen) atoms. The van der Waals surface area contributed by atoms with E-state index in [1.165, 1.54) is 6.07 Å². The molecule has 1 unspecified atom stereocenters. The van der Waals surface area contributed by atoms with Gasteiger partial charge in [-0.25, -0.2) is 0 Å². The van der Waals surface area contributed by atoms with Crippen molar-refractivity contribution < 1.29 is 34.9 Å². The summed E-state index contributed by atoms with van der Waals surface area (Å²) in [7, 11) is 0. The monoisotopic (exact) mass is 409 g/mol. The van der Waals surface area contributed by atoms with Crippen LogP contribution >= 0.6 is 0 Å². The third-order valence-corrected chi connectivity index (χ3v) is 3.83. The van der Waals surface area contributed by atoms with Crippen molar-refractivity contribution in [2.45, 2.75) is 4.90 Å². The largest absolute Gasteiger partial charge is 0.768 e. The van der Waals surface area contributed by atoms with E-state index < -0.39 is 11.1 Å². The Balaban J connectivity index is 0.00000192. The standard InChI is InChI=1S/C16H12N2O3S.Mo/c19-16-13-9-5-4-6-11(13)10-14(22(20)21)15(16)18-17-12-7-2-1-3-8-12;/h1-10,19H,(H,20,21);/p-1. The van der Waals surface area contributed by atoms with Crippen molar-refractivity contribution >= 4 is 33.2 Å². The predicted molar refractivity (Wildman–Crippen MR) is 83.4 cm³/mol. The molecule has 5 nitrogen and oxygen atoms in total. The van der Waals surface area contributed by atoms with Crippen molar-refractivity contribution in [2.75, 3.05) is 0 Å². The molecule has 3 aromatic rings. The maximum atomic E-state index is 11.4. The Morgan fingerprint density at radius 2 is 1.61 bits per heavy atom. The van der Waals surface area contributed by atoms with Crippen LogP contribution in [0.15, 0.2) is 75.8 Å². The summed E-state index contributed by atoms with van der Waals surface area (Å²) >= 11 is -2.53. The summed E-state index contributed by atoms with van der Waals surface area (Å²) in [4.78, 5) is -0.0871. The fraction of sp³-hybridized carbons (Fsp3) is 0. The van der Waals surface area contributed by atoms with E-state index in [4.69, 9.17) is 0 Å². The molecule has 7 heteroatoms. The number of hydrogen-bond acceptors (Lipinski definition) is 5. The Kier molecular flexibility index (Phi) is 5.77. The van der Waals surface area contributed by atoms with E-state index in [0.29, 0.717) is 16.5 Å². The van der Waals surface area contributed by atoms with Gasteiger partial charge in [-0.3, -0.25) is 4.21 Å². The number of nitrogens with zero attached hydrogens (tertiary/aromatic N) is 2. The van der Waals surface area contributed by atoms with Crippen molar-refractivity contribution in [1.29, 1.82) is 0 Å². The summed E-state index contributed by atoms with van der Waals surface area (Å²) in [6.07, 6.45) is 0. The first-order valence-corrected chi connectivity index (χ1v) is 7.55. The van der Waals surface area contributed by atoms with Crippen LogP contribution in [-0.4, -0.2) is 13.9 Å². The second kappa shape index (κ2) is 7.59. The molecule has 0 aromatic heterocycles. The number of aromatic hydroxyl groups is 1. The minimum atomic E-state index is -2.53.